The van der Waals surface area contributed by atoms with E-state index in [0.29, 0.717) is 5.69 Å². The fraction of sp³-hybridized carbons (Fsp3) is 0. The van der Waals surface area contributed by atoms with Crippen molar-refractivity contribution < 1.29 is 9.21 Å². The van der Waals surface area contributed by atoms with Crippen molar-refractivity contribution in [2.24, 2.45) is 0 Å². The summed E-state index contributed by atoms with van der Waals surface area (Å²) in [5, 5.41) is 5.21. The van der Waals surface area contributed by atoms with Gasteiger partial charge >= 0.3 is 0 Å². The molecular formula is C16H11N5O3. The molecule has 0 saturated heterocycles. The Morgan fingerprint density at radius 3 is 2.71 bits per heavy atom. The van der Waals surface area contributed by atoms with Crippen LogP contribution >= 0.6 is 0 Å². The first-order chi connectivity index (χ1) is 11.7. The van der Waals surface area contributed by atoms with Crippen molar-refractivity contribution >= 4 is 17.6 Å². The number of nitrogens with zero attached hydrogens (tertiary/aromatic N) is 3. The molecule has 0 unspecified atom stereocenters. The molecule has 24 heavy (non-hydrogen) atoms. The van der Waals surface area contributed by atoms with Crippen LogP contribution < -0.4 is 10.9 Å². The maximum Gasteiger partial charge on any atom is 0.293 e. The number of amides is 1. The van der Waals surface area contributed by atoms with E-state index in [1.807, 2.05) is 30.3 Å². The highest BCUT2D eigenvalue weighted by atomic mass is 16.3. The van der Waals surface area contributed by atoms with Crippen molar-refractivity contribution in [2.45, 2.75) is 0 Å². The number of benzene rings is 1. The second-order valence-electron chi connectivity index (χ2n) is 4.98. The number of fused-ring (bicyclic) bond motifs is 1. The van der Waals surface area contributed by atoms with Crippen LogP contribution in [0.4, 0.5) is 5.95 Å². The molecule has 1 amide bonds. The molecule has 8 nitrogen and oxygen atoms in total. The molecule has 0 aliphatic rings. The molecule has 0 aliphatic heterocycles. The number of anilines is 1. The van der Waals surface area contributed by atoms with Crippen molar-refractivity contribution in [2.75, 3.05) is 5.32 Å². The van der Waals surface area contributed by atoms with E-state index in [2.05, 4.69) is 20.4 Å². The molecule has 4 rings (SSSR count). The van der Waals surface area contributed by atoms with Crippen LogP contribution in [0.5, 0.6) is 0 Å². The summed E-state index contributed by atoms with van der Waals surface area (Å²) in [6, 6.07) is 13.8. The van der Waals surface area contributed by atoms with Gasteiger partial charge in [-0.25, -0.2) is 4.98 Å². The monoisotopic (exact) mass is 321 g/mol. The van der Waals surface area contributed by atoms with E-state index in [0.717, 1.165) is 10.1 Å². The first-order valence-electron chi connectivity index (χ1n) is 7.11. The number of carbonyl (C=O) groups is 1. The maximum absolute atomic E-state index is 12.2. The third-order valence-corrected chi connectivity index (χ3v) is 3.38. The van der Waals surface area contributed by atoms with E-state index < -0.39 is 5.91 Å². The highest BCUT2D eigenvalue weighted by molar-refractivity contribution is 6.01. The molecule has 3 aromatic heterocycles. The summed E-state index contributed by atoms with van der Waals surface area (Å²) < 4.78 is 6.16. The third kappa shape index (κ3) is 2.45. The van der Waals surface area contributed by atoms with Crippen molar-refractivity contribution in [1.29, 1.82) is 0 Å². The van der Waals surface area contributed by atoms with E-state index >= 15 is 0 Å². The Balaban J connectivity index is 1.72. The van der Waals surface area contributed by atoms with Crippen LogP contribution in [0.3, 0.4) is 0 Å². The number of aromatic nitrogens is 4. The number of carbonyl (C=O) groups excluding carboxylic acids is 1. The fourth-order valence-electron chi connectivity index (χ4n) is 2.27. The third-order valence-electron chi connectivity index (χ3n) is 3.38. The standard InChI is InChI=1S/C16H11N5O3/c22-13-9-11(10-5-2-1-3-6-10)17-16-19-15(20-21(13)16)18-14(23)12-7-4-8-24-12/h1-9H,(H2,17,18,19,20,23). The molecule has 0 aliphatic carbocycles. The number of furan rings is 1. The second-order valence-corrected chi connectivity index (χ2v) is 4.98. The average molecular weight is 321 g/mol. The van der Waals surface area contributed by atoms with Gasteiger partial charge in [-0.3, -0.25) is 20.0 Å². The zero-order valence-electron chi connectivity index (χ0n) is 12.3. The summed E-state index contributed by atoms with van der Waals surface area (Å²) in [6.45, 7) is 0. The lowest BCUT2D eigenvalue weighted by atomic mass is 10.1. The summed E-state index contributed by atoms with van der Waals surface area (Å²) >= 11 is 0. The number of aromatic amines is 1. The SMILES string of the molecule is O=C(Nc1nc2nc(-c3ccccc3)cc(=O)n2[nH]1)c1ccco1. The first-order valence-corrected chi connectivity index (χ1v) is 7.11. The largest absolute Gasteiger partial charge is 0.459 e. The van der Waals surface area contributed by atoms with Gasteiger partial charge in [0.15, 0.2) is 5.76 Å². The fourth-order valence-corrected chi connectivity index (χ4v) is 2.27. The lowest BCUT2D eigenvalue weighted by Crippen LogP contribution is -2.15. The number of rotatable bonds is 3. The molecular weight excluding hydrogens is 310 g/mol. The molecule has 0 atom stereocenters. The summed E-state index contributed by atoms with van der Waals surface area (Å²) in [5.74, 6) is -0.0709. The average Bonchev–Trinajstić information content (AvgIpc) is 3.25. The van der Waals surface area contributed by atoms with E-state index in [4.69, 9.17) is 4.42 Å². The first kappa shape index (κ1) is 13.9. The van der Waals surface area contributed by atoms with Gasteiger partial charge in [0, 0.05) is 11.6 Å². The minimum Gasteiger partial charge on any atom is -0.459 e. The number of H-pyrrole nitrogens is 1. The Morgan fingerprint density at radius 2 is 1.96 bits per heavy atom. The summed E-state index contributed by atoms with van der Waals surface area (Å²) in [6.07, 6.45) is 1.39. The number of hydrogen-bond acceptors (Lipinski definition) is 5. The Morgan fingerprint density at radius 1 is 1.12 bits per heavy atom. The number of hydrogen-bond donors (Lipinski definition) is 2. The van der Waals surface area contributed by atoms with Crippen molar-refractivity contribution in [3.63, 3.8) is 0 Å². The van der Waals surface area contributed by atoms with Crippen LogP contribution in [0.15, 0.2) is 64.0 Å². The van der Waals surface area contributed by atoms with Gasteiger partial charge in [0.05, 0.1) is 12.0 Å². The second kappa shape index (κ2) is 5.51. The van der Waals surface area contributed by atoms with Gasteiger partial charge in [0.2, 0.25) is 5.95 Å². The van der Waals surface area contributed by atoms with Gasteiger partial charge in [-0.15, -0.1) is 0 Å². The van der Waals surface area contributed by atoms with Gasteiger partial charge in [-0.1, -0.05) is 30.3 Å². The van der Waals surface area contributed by atoms with Gasteiger partial charge in [-0.2, -0.15) is 9.50 Å². The highest BCUT2D eigenvalue weighted by Crippen LogP contribution is 2.15. The van der Waals surface area contributed by atoms with E-state index in [1.54, 1.807) is 6.07 Å². The lowest BCUT2D eigenvalue weighted by molar-refractivity contribution is 0.0996. The smallest absolute Gasteiger partial charge is 0.293 e. The zero-order chi connectivity index (χ0) is 16.5. The van der Waals surface area contributed by atoms with Gasteiger partial charge < -0.3 is 4.42 Å². The van der Waals surface area contributed by atoms with Crippen molar-refractivity contribution in [3.8, 4) is 11.3 Å². The molecule has 4 aromatic rings. The molecule has 0 spiro atoms. The summed E-state index contributed by atoms with van der Waals surface area (Å²) in [7, 11) is 0. The normalized spacial score (nSPS) is 10.8. The minimum absolute atomic E-state index is 0.103. The summed E-state index contributed by atoms with van der Waals surface area (Å²) in [4.78, 5) is 32.6. The predicted molar refractivity (Wildman–Crippen MR) is 85.7 cm³/mol. The van der Waals surface area contributed by atoms with Gasteiger partial charge in [0.1, 0.15) is 0 Å². The molecule has 0 fully saturated rings. The van der Waals surface area contributed by atoms with E-state index in [1.165, 1.54) is 18.4 Å². The zero-order valence-corrected chi connectivity index (χ0v) is 12.3. The molecule has 2 N–H and O–H groups in total. The van der Waals surface area contributed by atoms with Crippen molar-refractivity contribution in [1.82, 2.24) is 19.6 Å². The van der Waals surface area contributed by atoms with Crippen molar-refractivity contribution in [3.05, 3.63) is 70.9 Å². The molecule has 1 aromatic carbocycles. The van der Waals surface area contributed by atoms with Gasteiger partial charge in [-0.05, 0) is 12.1 Å². The van der Waals surface area contributed by atoms with Crippen LogP contribution in [0, 0.1) is 0 Å². The summed E-state index contributed by atoms with van der Waals surface area (Å²) in [5.41, 5.74) is 0.988. The lowest BCUT2D eigenvalue weighted by Gasteiger charge is -1.99. The minimum atomic E-state index is -0.476. The Bertz CT molecular complexity index is 1060. The Kier molecular flexibility index (Phi) is 3.20. The van der Waals surface area contributed by atoms with E-state index in [-0.39, 0.29) is 23.0 Å². The Labute approximate surface area is 134 Å². The van der Waals surface area contributed by atoms with Crippen LogP contribution in [0.1, 0.15) is 10.6 Å². The molecule has 0 radical (unpaired) electrons. The quantitative estimate of drug-likeness (QED) is 0.600. The molecule has 118 valence electrons. The Hall–Kier alpha value is -3.68. The predicted octanol–water partition coefficient (Wildman–Crippen LogP) is 1.93. The molecule has 0 saturated carbocycles. The molecule has 8 heteroatoms. The molecule has 3 heterocycles. The topological polar surface area (TPSA) is 105 Å². The number of nitrogens with one attached hydrogen (secondary N) is 2. The van der Waals surface area contributed by atoms with Crippen LogP contribution in [-0.2, 0) is 0 Å². The maximum atomic E-state index is 12.2. The molecule has 0 bridgehead atoms. The van der Waals surface area contributed by atoms with Crippen LogP contribution in [0.2, 0.25) is 0 Å². The van der Waals surface area contributed by atoms with Gasteiger partial charge in [0.25, 0.3) is 17.2 Å². The van der Waals surface area contributed by atoms with Crippen LogP contribution in [0.25, 0.3) is 17.0 Å². The van der Waals surface area contributed by atoms with E-state index in [9.17, 15) is 9.59 Å². The van der Waals surface area contributed by atoms with Crippen LogP contribution in [-0.4, -0.2) is 25.5 Å². The highest BCUT2D eigenvalue weighted by Gasteiger charge is 2.13.